The molecular formula is C14H21Cl2N3O2. The van der Waals surface area contributed by atoms with Gasteiger partial charge in [-0.3, -0.25) is 9.59 Å². The summed E-state index contributed by atoms with van der Waals surface area (Å²) >= 11 is 5.93. The predicted molar refractivity (Wildman–Crippen MR) is 86.6 cm³/mol. The van der Waals surface area contributed by atoms with Crippen molar-refractivity contribution in [2.75, 3.05) is 13.6 Å². The summed E-state index contributed by atoms with van der Waals surface area (Å²) < 4.78 is 0. The predicted octanol–water partition coefficient (Wildman–Crippen LogP) is 1.79. The van der Waals surface area contributed by atoms with E-state index in [1.54, 1.807) is 18.2 Å². The van der Waals surface area contributed by atoms with Crippen molar-refractivity contribution in [1.82, 2.24) is 10.6 Å². The molecule has 118 valence electrons. The molecule has 0 aromatic heterocycles. The Morgan fingerprint density at radius 1 is 1.38 bits per heavy atom. The summed E-state index contributed by atoms with van der Waals surface area (Å²) in [7, 11) is 1.83. The number of benzene rings is 1. The average molecular weight is 334 g/mol. The van der Waals surface area contributed by atoms with Gasteiger partial charge >= 0.3 is 0 Å². The van der Waals surface area contributed by atoms with Crippen molar-refractivity contribution >= 4 is 35.8 Å². The molecule has 0 saturated carbocycles. The summed E-state index contributed by atoms with van der Waals surface area (Å²) in [6, 6.07) is 6.62. The molecule has 0 aliphatic heterocycles. The van der Waals surface area contributed by atoms with Gasteiger partial charge in [-0.1, -0.05) is 23.7 Å². The number of halogens is 2. The fourth-order valence-corrected chi connectivity index (χ4v) is 2.07. The van der Waals surface area contributed by atoms with Gasteiger partial charge in [0.1, 0.15) is 0 Å². The molecule has 0 fully saturated rings. The van der Waals surface area contributed by atoms with Crippen LogP contribution in [0.25, 0.3) is 0 Å². The minimum Gasteiger partial charge on any atom is -0.370 e. The largest absolute Gasteiger partial charge is 0.370 e. The highest BCUT2D eigenvalue weighted by Crippen LogP contribution is 2.20. The molecule has 7 heteroatoms. The first-order valence-electron chi connectivity index (χ1n) is 6.50. The van der Waals surface area contributed by atoms with Crippen LogP contribution in [0.5, 0.6) is 0 Å². The van der Waals surface area contributed by atoms with Crippen LogP contribution in [0.1, 0.15) is 30.9 Å². The van der Waals surface area contributed by atoms with E-state index in [0.29, 0.717) is 11.4 Å². The maximum absolute atomic E-state index is 11.8. The zero-order valence-corrected chi connectivity index (χ0v) is 13.5. The molecule has 2 amide bonds. The number of carbonyl (C=O) groups is 2. The highest BCUT2D eigenvalue weighted by Gasteiger charge is 2.17. The lowest BCUT2D eigenvalue weighted by atomic mass is 10.0. The van der Waals surface area contributed by atoms with E-state index in [1.165, 1.54) is 0 Å². The van der Waals surface area contributed by atoms with Gasteiger partial charge in [-0.2, -0.15) is 0 Å². The summed E-state index contributed by atoms with van der Waals surface area (Å²) in [6.45, 7) is 0.769. The number of primary amides is 1. The van der Waals surface area contributed by atoms with Crippen LogP contribution >= 0.6 is 24.0 Å². The number of hydrogen-bond acceptors (Lipinski definition) is 3. The number of carbonyl (C=O) groups excluding carboxylic acids is 2. The molecule has 4 N–H and O–H groups in total. The number of nitrogens with one attached hydrogen (secondary N) is 2. The topological polar surface area (TPSA) is 84.2 Å². The minimum atomic E-state index is -0.467. The van der Waals surface area contributed by atoms with Gasteiger partial charge in [-0.05, 0) is 37.7 Å². The van der Waals surface area contributed by atoms with Crippen LogP contribution in [-0.2, 0) is 9.59 Å². The van der Waals surface area contributed by atoms with Crippen LogP contribution in [0.4, 0.5) is 0 Å². The normalized spacial score (nSPS) is 11.3. The van der Waals surface area contributed by atoms with E-state index in [4.69, 9.17) is 17.3 Å². The highest BCUT2D eigenvalue weighted by molar-refractivity contribution is 6.30. The number of rotatable bonds is 8. The van der Waals surface area contributed by atoms with Crippen molar-refractivity contribution in [3.63, 3.8) is 0 Å². The molecule has 1 atom stereocenters. The summed E-state index contributed by atoms with van der Waals surface area (Å²) in [4.78, 5) is 23.0. The van der Waals surface area contributed by atoms with Crippen LogP contribution in [-0.4, -0.2) is 25.4 Å². The van der Waals surface area contributed by atoms with E-state index in [9.17, 15) is 9.59 Å². The van der Waals surface area contributed by atoms with Gasteiger partial charge in [0.05, 0.1) is 12.5 Å². The molecule has 21 heavy (non-hydrogen) atoms. The molecule has 0 spiro atoms. The van der Waals surface area contributed by atoms with Crippen molar-refractivity contribution < 1.29 is 9.59 Å². The Balaban J connectivity index is 0.00000400. The van der Waals surface area contributed by atoms with Crippen LogP contribution in [0.15, 0.2) is 24.3 Å². The highest BCUT2D eigenvalue weighted by atomic mass is 35.5. The molecule has 0 aliphatic rings. The smallest absolute Gasteiger partial charge is 0.220 e. The first-order chi connectivity index (χ1) is 9.52. The summed E-state index contributed by atoms with van der Waals surface area (Å²) in [5.41, 5.74) is 6.01. The second-order valence-electron chi connectivity index (χ2n) is 4.55. The second-order valence-corrected chi connectivity index (χ2v) is 4.99. The average Bonchev–Trinajstić information content (AvgIpc) is 2.38. The van der Waals surface area contributed by atoms with Gasteiger partial charge in [0.15, 0.2) is 0 Å². The molecule has 1 aromatic carbocycles. The van der Waals surface area contributed by atoms with Crippen LogP contribution in [0, 0.1) is 0 Å². The summed E-state index contributed by atoms with van der Waals surface area (Å²) in [6.07, 6.45) is 1.19. The Morgan fingerprint density at radius 2 is 2.10 bits per heavy atom. The fourth-order valence-electron chi connectivity index (χ4n) is 1.87. The van der Waals surface area contributed by atoms with E-state index in [-0.39, 0.29) is 24.7 Å². The number of amides is 2. The Bertz CT molecular complexity index is 469. The van der Waals surface area contributed by atoms with Crippen molar-refractivity contribution in [2.45, 2.75) is 25.3 Å². The van der Waals surface area contributed by atoms with Gasteiger partial charge in [0.2, 0.25) is 11.8 Å². The Hall–Kier alpha value is -1.30. The third-order valence-electron chi connectivity index (χ3n) is 2.82. The molecule has 1 aromatic rings. The van der Waals surface area contributed by atoms with E-state index in [1.807, 2.05) is 13.1 Å². The first kappa shape index (κ1) is 19.7. The molecular weight excluding hydrogens is 313 g/mol. The van der Waals surface area contributed by atoms with Gasteiger partial charge in [0.25, 0.3) is 0 Å². The second kappa shape index (κ2) is 10.4. The van der Waals surface area contributed by atoms with E-state index < -0.39 is 11.9 Å². The van der Waals surface area contributed by atoms with E-state index >= 15 is 0 Å². The van der Waals surface area contributed by atoms with Gasteiger partial charge in [0, 0.05) is 11.4 Å². The van der Waals surface area contributed by atoms with Crippen molar-refractivity contribution in [2.24, 2.45) is 5.73 Å². The maximum Gasteiger partial charge on any atom is 0.220 e. The van der Waals surface area contributed by atoms with Gasteiger partial charge in [-0.25, -0.2) is 0 Å². The summed E-state index contributed by atoms with van der Waals surface area (Å²) in [5.74, 6) is -0.572. The Kier molecular flexibility index (Phi) is 9.78. The van der Waals surface area contributed by atoms with E-state index in [0.717, 1.165) is 18.5 Å². The van der Waals surface area contributed by atoms with Crippen LogP contribution < -0.4 is 16.4 Å². The molecule has 0 heterocycles. The van der Waals surface area contributed by atoms with Crippen molar-refractivity contribution in [3.05, 3.63) is 34.9 Å². The third-order valence-corrected chi connectivity index (χ3v) is 3.06. The molecule has 0 aliphatic carbocycles. The lowest BCUT2D eigenvalue weighted by molar-refractivity contribution is -0.122. The van der Waals surface area contributed by atoms with Crippen LogP contribution in [0.3, 0.4) is 0 Å². The Labute approximate surface area is 136 Å². The minimum absolute atomic E-state index is 0. The number of hydrogen-bond donors (Lipinski definition) is 3. The molecule has 0 saturated heterocycles. The standard InChI is InChI=1S/C14H20ClN3O2.ClH/c1-17-7-3-6-14(20)18-12(9-13(16)19)10-4-2-5-11(15)8-10;/h2,4-5,8,12,17H,3,6-7,9H2,1H3,(H2,16,19)(H,18,20);1H/t12-;/m1./s1. The molecule has 5 nitrogen and oxygen atoms in total. The fraction of sp³-hybridized carbons (Fsp3) is 0.429. The third kappa shape index (κ3) is 7.90. The van der Waals surface area contributed by atoms with E-state index in [2.05, 4.69) is 10.6 Å². The lowest BCUT2D eigenvalue weighted by Gasteiger charge is -2.18. The molecule has 0 radical (unpaired) electrons. The first-order valence-corrected chi connectivity index (χ1v) is 6.88. The summed E-state index contributed by atoms with van der Waals surface area (Å²) in [5, 5.41) is 6.36. The molecule has 1 rings (SSSR count). The lowest BCUT2D eigenvalue weighted by Crippen LogP contribution is -2.32. The maximum atomic E-state index is 11.8. The molecule has 0 bridgehead atoms. The quantitative estimate of drug-likeness (QED) is 0.634. The Morgan fingerprint density at radius 3 is 2.67 bits per heavy atom. The SMILES string of the molecule is CNCCCC(=O)N[C@H](CC(N)=O)c1cccc(Cl)c1.Cl. The monoisotopic (exact) mass is 333 g/mol. The van der Waals surface area contributed by atoms with Crippen LogP contribution in [0.2, 0.25) is 5.02 Å². The van der Waals surface area contributed by atoms with Crippen molar-refractivity contribution in [3.8, 4) is 0 Å². The van der Waals surface area contributed by atoms with Crippen molar-refractivity contribution in [1.29, 1.82) is 0 Å². The zero-order chi connectivity index (χ0) is 15.0. The zero-order valence-electron chi connectivity index (χ0n) is 11.9. The van der Waals surface area contributed by atoms with Gasteiger partial charge < -0.3 is 16.4 Å². The van der Waals surface area contributed by atoms with Gasteiger partial charge in [-0.15, -0.1) is 12.4 Å². The molecule has 0 unspecified atom stereocenters. The number of nitrogens with two attached hydrogens (primary N) is 1.